The Morgan fingerprint density at radius 1 is 0.623 bits per heavy atom. The minimum atomic E-state index is -0.671. The first-order valence-electron chi connectivity index (χ1n) is 19.4. The highest BCUT2D eigenvalue weighted by Gasteiger charge is 2.40. The van der Waals surface area contributed by atoms with Crippen LogP contribution in [0.25, 0.3) is 22.1 Å². The van der Waals surface area contributed by atoms with E-state index in [1.54, 1.807) is 17.0 Å². The summed E-state index contributed by atoms with van der Waals surface area (Å²) in [6.45, 7) is 9.56. The van der Waals surface area contributed by atoms with E-state index in [2.05, 4.69) is 41.4 Å². The lowest BCUT2D eigenvalue weighted by atomic mass is 9.75. The molecule has 5 aromatic rings. The lowest BCUT2D eigenvalue weighted by Gasteiger charge is -2.40. The molecule has 280 valence electrons. The second-order valence-electron chi connectivity index (χ2n) is 16.7. The number of anilines is 2. The number of H-pyrrole nitrogens is 2. The van der Waals surface area contributed by atoms with Crippen LogP contribution in [0.15, 0.2) is 36.4 Å². The summed E-state index contributed by atoms with van der Waals surface area (Å²) in [6, 6.07) is 8.03. The molecule has 2 aromatic heterocycles. The summed E-state index contributed by atoms with van der Waals surface area (Å²) >= 11 is 0. The molecule has 9 rings (SSSR count). The zero-order chi connectivity index (χ0) is 36.6. The Labute approximate surface area is 307 Å². The first kappa shape index (κ1) is 34.6. The molecule has 53 heavy (non-hydrogen) atoms. The quantitative estimate of drug-likeness (QED) is 0.131. The number of piperidine rings is 1. The fraction of sp³-hybridized carbons (Fsp3) is 0.512. The van der Waals surface area contributed by atoms with Crippen molar-refractivity contribution in [1.29, 1.82) is 0 Å². The maximum atomic E-state index is 16.3. The predicted octanol–water partition coefficient (Wildman–Crippen LogP) is 9.19. The Balaban J connectivity index is 1.11. The molecule has 0 saturated carbocycles. The van der Waals surface area contributed by atoms with Crippen molar-refractivity contribution in [3.8, 4) is 0 Å². The molecular weight excluding hydrogens is 680 g/mol. The van der Waals surface area contributed by atoms with Crippen LogP contribution >= 0.6 is 0 Å². The number of aromatic amines is 2. The van der Waals surface area contributed by atoms with E-state index >= 15 is 17.6 Å². The van der Waals surface area contributed by atoms with Gasteiger partial charge in [-0.25, -0.2) is 27.5 Å². The molecule has 4 aliphatic heterocycles. The molecule has 0 spiro atoms. The summed E-state index contributed by atoms with van der Waals surface area (Å²) < 4.78 is 65.1. The van der Waals surface area contributed by atoms with Gasteiger partial charge in [-0.2, -0.15) is 0 Å². The number of imidazole rings is 2. The number of nitrogens with zero attached hydrogens (tertiary/aromatic N) is 4. The van der Waals surface area contributed by atoms with Crippen molar-refractivity contribution in [2.45, 2.75) is 96.3 Å². The Hall–Kier alpha value is -4.16. The van der Waals surface area contributed by atoms with Crippen LogP contribution in [0.3, 0.4) is 0 Å². The zero-order valence-corrected chi connectivity index (χ0v) is 30.6. The average Bonchev–Trinajstić information content (AvgIpc) is 3.96. The van der Waals surface area contributed by atoms with Crippen LogP contribution in [-0.4, -0.2) is 46.1 Å². The molecule has 4 saturated heterocycles. The van der Waals surface area contributed by atoms with E-state index in [0.29, 0.717) is 65.0 Å². The van der Waals surface area contributed by atoms with Crippen LogP contribution in [0.1, 0.15) is 119 Å². The van der Waals surface area contributed by atoms with E-state index in [1.165, 1.54) is 24.3 Å². The lowest BCUT2D eigenvalue weighted by molar-refractivity contribution is 0.198. The van der Waals surface area contributed by atoms with Crippen LogP contribution in [-0.2, 0) is 0 Å². The summed E-state index contributed by atoms with van der Waals surface area (Å²) in [7, 11) is 0. The fourth-order valence-corrected chi connectivity index (χ4v) is 9.57. The molecule has 8 nitrogen and oxygen atoms in total. The van der Waals surface area contributed by atoms with Gasteiger partial charge in [0.15, 0.2) is 11.6 Å². The standard InChI is InChI=1S/C41H48F4N8/c1-41(2,3)22-10-14-52(15-11-22)38-28(44)16-23(17-29(38)45)53-36(24-18-32-34(20-26(24)42)50-39(48-32)30-6-4-12-46-30)8-9-37(53)25-19-33-35(21-27(25)43)51-40(49-33)31-7-5-13-47-31/h16-22,30-31,36-37,46-47H,4-15H2,1-3H3,(H,48,50)(H,49,51)/t30-,31-,36-,37+/m0/s1. The predicted molar refractivity (Wildman–Crippen MR) is 200 cm³/mol. The van der Waals surface area contributed by atoms with Crippen molar-refractivity contribution in [3.63, 3.8) is 0 Å². The summed E-state index contributed by atoms with van der Waals surface area (Å²) in [5.74, 6) is -0.251. The second-order valence-corrected chi connectivity index (χ2v) is 16.7. The third kappa shape index (κ3) is 6.25. The highest BCUT2D eigenvalue weighted by molar-refractivity contribution is 5.78. The molecule has 6 heterocycles. The van der Waals surface area contributed by atoms with Crippen molar-refractivity contribution in [2.24, 2.45) is 11.3 Å². The summed E-state index contributed by atoms with van der Waals surface area (Å²) in [5, 5.41) is 6.87. The van der Waals surface area contributed by atoms with E-state index in [9.17, 15) is 0 Å². The highest BCUT2D eigenvalue weighted by atomic mass is 19.1. The van der Waals surface area contributed by atoms with Crippen LogP contribution in [0.5, 0.6) is 0 Å². The molecule has 0 amide bonds. The third-order valence-corrected chi connectivity index (χ3v) is 12.5. The van der Waals surface area contributed by atoms with Crippen molar-refractivity contribution in [3.05, 3.63) is 82.4 Å². The Morgan fingerprint density at radius 2 is 1.11 bits per heavy atom. The van der Waals surface area contributed by atoms with Crippen LogP contribution in [0.2, 0.25) is 0 Å². The monoisotopic (exact) mass is 728 g/mol. The molecular formula is C41H48F4N8. The number of hydrogen-bond acceptors (Lipinski definition) is 6. The Bertz CT molecular complexity index is 2020. The van der Waals surface area contributed by atoms with Crippen molar-refractivity contribution in [2.75, 3.05) is 36.0 Å². The summed E-state index contributed by atoms with van der Waals surface area (Å²) in [4.78, 5) is 19.8. The molecule has 0 bridgehead atoms. The average molecular weight is 729 g/mol. The highest BCUT2D eigenvalue weighted by Crippen LogP contribution is 2.50. The summed E-state index contributed by atoms with van der Waals surface area (Å²) in [6.07, 6.45) is 6.56. The molecule has 4 aliphatic rings. The number of halogens is 4. The lowest BCUT2D eigenvalue weighted by Crippen LogP contribution is -2.39. The van der Waals surface area contributed by atoms with E-state index in [1.807, 2.05) is 4.90 Å². The largest absolute Gasteiger partial charge is 0.367 e. The van der Waals surface area contributed by atoms with Gasteiger partial charge in [0.1, 0.15) is 29.0 Å². The first-order valence-corrected chi connectivity index (χ1v) is 19.4. The normalized spacial score (nSPS) is 24.4. The molecule has 4 fully saturated rings. The Kier molecular flexibility index (Phi) is 8.68. The van der Waals surface area contributed by atoms with Crippen molar-refractivity contribution < 1.29 is 17.6 Å². The maximum absolute atomic E-state index is 16.3. The first-order chi connectivity index (χ1) is 25.5. The Morgan fingerprint density at radius 3 is 1.55 bits per heavy atom. The number of rotatable bonds is 6. The number of benzene rings is 3. The van der Waals surface area contributed by atoms with Gasteiger partial charge in [0, 0.05) is 42.0 Å². The molecule has 0 aliphatic carbocycles. The van der Waals surface area contributed by atoms with E-state index in [4.69, 9.17) is 9.97 Å². The van der Waals surface area contributed by atoms with Gasteiger partial charge in [-0.3, -0.25) is 0 Å². The summed E-state index contributed by atoms with van der Waals surface area (Å²) in [5.41, 5.74) is 3.52. The van der Waals surface area contributed by atoms with Gasteiger partial charge in [0.25, 0.3) is 0 Å². The van der Waals surface area contributed by atoms with Gasteiger partial charge in [0.05, 0.1) is 46.2 Å². The molecule has 4 N–H and O–H groups in total. The van der Waals surface area contributed by atoms with Crippen LogP contribution < -0.4 is 20.4 Å². The fourth-order valence-electron chi connectivity index (χ4n) is 9.57. The van der Waals surface area contributed by atoms with E-state index in [0.717, 1.165) is 63.3 Å². The molecule has 0 radical (unpaired) electrons. The number of hydrogen-bond donors (Lipinski definition) is 4. The third-order valence-electron chi connectivity index (χ3n) is 12.5. The number of nitrogens with one attached hydrogen (secondary N) is 4. The molecule has 3 aromatic carbocycles. The maximum Gasteiger partial charge on any atom is 0.151 e. The van der Waals surface area contributed by atoms with Gasteiger partial charge in [-0.05, 0) is 100 Å². The van der Waals surface area contributed by atoms with Crippen LogP contribution in [0, 0.1) is 34.6 Å². The van der Waals surface area contributed by atoms with Crippen molar-refractivity contribution >= 4 is 33.4 Å². The molecule has 12 heteroatoms. The number of fused-ring (bicyclic) bond motifs is 2. The topological polar surface area (TPSA) is 87.9 Å². The zero-order valence-electron chi connectivity index (χ0n) is 30.6. The number of aromatic nitrogens is 4. The minimum absolute atomic E-state index is 0.0374. The van der Waals surface area contributed by atoms with Gasteiger partial charge in [0.2, 0.25) is 0 Å². The molecule has 4 atom stereocenters. The van der Waals surface area contributed by atoms with Gasteiger partial charge in [-0.15, -0.1) is 0 Å². The smallest absolute Gasteiger partial charge is 0.151 e. The van der Waals surface area contributed by atoms with Gasteiger partial charge in [-0.1, -0.05) is 20.8 Å². The van der Waals surface area contributed by atoms with Crippen LogP contribution in [0.4, 0.5) is 28.9 Å². The van der Waals surface area contributed by atoms with E-state index < -0.39 is 35.4 Å². The SMILES string of the molecule is CC(C)(C)C1CCN(c2c(F)cc(N3[C@@H](c4cc5[nH]c([C@@H]6CCCN6)nc5cc4F)CC[C@H]3c3cc4[nH]c([C@@H]5CCCN5)nc4cc3F)cc2F)CC1. The second kappa shape index (κ2) is 13.3. The minimum Gasteiger partial charge on any atom is -0.367 e. The van der Waals surface area contributed by atoms with Gasteiger partial charge < -0.3 is 30.4 Å². The van der Waals surface area contributed by atoms with E-state index in [-0.39, 0.29) is 28.9 Å². The molecule has 0 unspecified atom stereocenters. The van der Waals surface area contributed by atoms with Gasteiger partial charge >= 0.3 is 0 Å². The van der Waals surface area contributed by atoms with Crippen molar-refractivity contribution in [1.82, 2.24) is 30.6 Å².